The molecular formula is C34H41ClN2O6. The molecule has 1 saturated heterocycles. The molecule has 3 aromatic rings. The smallest absolute Gasteiger partial charge is 0.248 e. The second kappa shape index (κ2) is 14.3. The van der Waals surface area contributed by atoms with Crippen LogP contribution < -0.4 is 14.4 Å². The van der Waals surface area contributed by atoms with E-state index in [1.54, 1.807) is 16.9 Å². The molecule has 0 aliphatic carbocycles. The molecule has 0 aromatic heterocycles. The Morgan fingerprint density at radius 3 is 2.19 bits per heavy atom. The Bertz CT molecular complexity index is 1390. The van der Waals surface area contributed by atoms with Gasteiger partial charge in [-0.05, 0) is 92.6 Å². The number of carbonyl (C=O) groups excluding carboxylic acids is 2. The number of carbonyl (C=O) groups is 2. The third kappa shape index (κ3) is 7.88. The summed E-state index contributed by atoms with van der Waals surface area (Å²) in [6.07, 6.45) is 1.59. The van der Waals surface area contributed by atoms with Gasteiger partial charge in [0.25, 0.3) is 0 Å². The number of anilines is 1. The molecule has 2 aliphatic heterocycles. The molecule has 0 radical (unpaired) electrons. The summed E-state index contributed by atoms with van der Waals surface area (Å²) in [5, 5.41) is 21.3. The van der Waals surface area contributed by atoms with Gasteiger partial charge >= 0.3 is 0 Å². The van der Waals surface area contributed by atoms with Gasteiger partial charge in [0.1, 0.15) is 6.61 Å². The second-order valence-corrected chi connectivity index (χ2v) is 11.8. The summed E-state index contributed by atoms with van der Waals surface area (Å²) in [6, 6.07) is 20.8. The lowest BCUT2D eigenvalue weighted by molar-refractivity contribution is -0.137. The van der Waals surface area contributed by atoms with Crippen molar-refractivity contribution in [1.29, 1.82) is 0 Å². The van der Waals surface area contributed by atoms with Crippen LogP contribution in [0.25, 0.3) is 0 Å². The Hall–Kier alpha value is -3.59. The van der Waals surface area contributed by atoms with Crippen LogP contribution in [0.3, 0.4) is 0 Å². The SMILES string of the molecule is COc1cc2c(cc1OC(C)C)CN(c1ccc([C@](C)(O)C3CCN(C(=O)CO)CC3)cc1)C(=O)C2.Clc1ccccc1. The monoisotopic (exact) mass is 608 g/mol. The van der Waals surface area contributed by atoms with E-state index in [4.69, 9.17) is 26.2 Å². The van der Waals surface area contributed by atoms with Gasteiger partial charge in [0, 0.05) is 23.8 Å². The van der Waals surface area contributed by atoms with Crippen LogP contribution in [0, 0.1) is 5.92 Å². The number of rotatable bonds is 7. The second-order valence-electron chi connectivity index (χ2n) is 11.4. The van der Waals surface area contributed by atoms with Crippen molar-refractivity contribution in [2.75, 3.05) is 31.7 Å². The minimum atomic E-state index is -1.06. The van der Waals surface area contributed by atoms with Gasteiger partial charge in [-0.15, -0.1) is 0 Å². The predicted molar refractivity (Wildman–Crippen MR) is 168 cm³/mol. The fourth-order valence-corrected chi connectivity index (χ4v) is 5.78. The van der Waals surface area contributed by atoms with Crippen molar-refractivity contribution in [3.63, 3.8) is 0 Å². The number of halogens is 1. The first kappa shape index (κ1) is 32.3. The van der Waals surface area contributed by atoms with E-state index in [-0.39, 0.29) is 30.3 Å². The van der Waals surface area contributed by atoms with E-state index in [1.807, 2.05) is 87.5 Å². The van der Waals surface area contributed by atoms with Gasteiger partial charge in [-0.3, -0.25) is 9.59 Å². The maximum atomic E-state index is 13.0. The number of ether oxygens (including phenoxy) is 2. The zero-order chi connectivity index (χ0) is 31.1. The maximum Gasteiger partial charge on any atom is 0.248 e. The fourth-order valence-electron chi connectivity index (χ4n) is 5.63. The molecule has 2 aliphatic rings. The number of amides is 2. The minimum Gasteiger partial charge on any atom is -0.493 e. The summed E-state index contributed by atoms with van der Waals surface area (Å²) in [5.41, 5.74) is 2.45. The number of aliphatic hydroxyl groups is 2. The number of hydrogen-bond donors (Lipinski definition) is 2. The summed E-state index contributed by atoms with van der Waals surface area (Å²) < 4.78 is 11.4. The number of aliphatic hydroxyl groups excluding tert-OH is 1. The van der Waals surface area contributed by atoms with Crippen molar-refractivity contribution in [3.8, 4) is 11.5 Å². The van der Waals surface area contributed by atoms with Gasteiger partial charge in [0.05, 0.1) is 31.8 Å². The molecule has 230 valence electrons. The maximum absolute atomic E-state index is 13.0. The first-order valence-electron chi connectivity index (χ1n) is 14.6. The Morgan fingerprint density at radius 1 is 1.02 bits per heavy atom. The van der Waals surface area contributed by atoms with E-state index in [2.05, 4.69) is 0 Å². The van der Waals surface area contributed by atoms with Gasteiger partial charge in [0.2, 0.25) is 11.8 Å². The van der Waals surface area contributed by atoms with Crippen molar-refractivity contribution in [2.24, 2.45) is 5.92 Å². The Balaban J connectivity index is 0.000000530. The molecule has 5 rings (SSSR count). The molecule has 0 spiro atoms. The lowest BCUT2D eigenvalue weighted by atomic mass is 9.77. The Morgan fingerprint density at radius 2 is 1.65 bits per heavy atom. The van der Waals surface area contributed by atoms with Crippen molar-refractivity contribution in [3.05, 3.63) is 88.4 Å². The average molecular weight is 609 g/mol. The highest BCUT2D eigenvalue weighted by atomic mass is 35.5. The summed E-state index contributed by atoms with van der Waals surface area (Å²) in [6.45, 7) is 6.72. The third-order valence-corrected chi connectivity index (χ3v) is 8.35. The van der Waals surface area contributed by atoms with E-state index < -0.39 is 12.2 Å². The number of likely N-dealkylation sites (tertiary alicyclic amines) is 1. The van der Waals surface area contributed by atoms with E-state index in [0.29, 0.717) is 44.0 Å². The molecule has 1 atom stereocenters. The topological polar surface area (TPSA) is 99.5 Å². The van der Waals surface area contributed by atoms with Crippen molar-refractivity contribution in [1.82, 2.24) is 4.90 Å². The number of benzene rings is 3. The number of nitrogens with zero attached hydrogens (tertiary/aromatic N) is 2. The highest BCUT2D eigenvalue weighted by Crippen LogP contribution is 2.39. The van der Waals surface area contributed by atoms with E-state index in [1.165, 1.54) is 0 Å². The standard InChI is InChI=1S/C28H36N2O6.C6H5Cl/c1-18(2)36-25-14-20-16-30(26(32)15-19(20)13-24(25)35-4)23-7-5-21(6-8-23)28(3,34)22-9-11-29(12-10-22)27(33)17-31;7-6-4-2-1-3-5-6/h5-8,13-14,18,22,31,34H,9-12,15-17H2,1-4H3;1-5H/t28-;/m0./s1. The number of piperidine rings is 1. The molecule has 2 N–H and O–H groups in total. The first-order valence-corrected chi connectivity index (χ1v) is 15.0. The molecule has 8 nitrogen and oxygen atoms in total. The van der Waals surface area contributed by atoms with E-state index in [0.717, 1.165) is 27.4 Å². The van der Waals surface area contributed by atoms with Crippen molar-refractivity contribution >= 4 is 29.1 Å². The quantitative estimate of drug-likeness (QED) is 0.375. The summed E-state index contributed by atoms with van der Waals surface area (Å²) in [4.78, 5) is 28.2. The molecule has 2 heterocycles. The molecule has 43 heavy (non-hydrogen) atoms. The zero-order valence-electron chi connectivity index (χ0n) is 25.3. The number of fused-ring (bicyclic) bond motifs is 1. The van der Waals surface area contributed by atoms with Crippen LogP contribution in [0.1, 0.15) is 50.3 Å². The van der Waals surface area contributed by atoms with Crippen LogP contribution in [-0.2, 0) is 28.2 Å². The van der Waals surface area contributed by atoms with Gasteiger partial charge in [-0.2, -0.15) is 0 Å². The van der Waals surface area contributed by atoms with Crippen molar-refractivity contribution < 1.29 is 29.3 Å². The van der Waals surface area contributed by atoms with Gasteiger partial charge in [0.15, 0.2) is 11.5 Å². The van der Waals surface area contributed by atoms with Crippen molar-refractivity contribution in [2.45, 2.75) is 58.3 Å². The summed E-state index contributed by atoms with van der Waals surface area (Å²) in [7, 11) is 1.60. The van der Waals surface area contributed by atoms with Crippen LogP contribution in [0.5, 0.6) is 11.5 Å². The largest absolute Gasteiger partial charge is 0.493 e. The summed E-state index contributed by atoms with van der Waals surface area (Å²) in [5.74, 6) is 1.01. The van der Waals surface area contributed by atoms with Crippen LogP contribution in [0.2, 0.25) is 5.02 Å². The molecule has 3 aromatic carbocycles. The Kier molecular flexibility index (Phi) is 10.7. The van der Waals surface area contributed by atoms with Gasteiger partial charge in [-0.1, -0.05) is 41.9 Å². The highest BCUT2D eigenvalue weighted by Gasteiger charge is 2.37. The van der Waals surface area contributed by atoms with Crippen LogP contribution in [0.4, 0.5) is 5.69 Å². The molecule has 9 heteroatoms. The lowest BCUT2D eigenvalue weighted by Gasteiger charge is -2.40. The lowest BCUT2D eigenvalue weighted by Crippen LogP contribution is -2.45. The average Bonchev–Trinajstić information content (AvgIpc) is 3.00. The Labute approximate surface area is 258 Å². The number of hydrogen-bond acceptors (Lipinski definition) is 6. The van der Waals surface area contributed by atoms with Crippen LogP contribution in [0.15, 0.2) is 66.7 Å². The van der Waals surface area contributed by atoms with E-state index in [9.17, 15) is 14.7 Å². The zero-order valence-corrected chi connectivity index (χ0v) is 26.0. The molecular weight excluding hydrogens is 568 g/mol. The highest BCUT2D eigenvalue weighted by molar-refractivity contribution is 6.30. The molecule has 0 unspecified atom stereocenters. The van der Waals surface area contributed by atoms with E-state index >= 15 is 0 Å². The third-order valence-electron chi connectivity index (χ3n) is 8.09. The van der Waals surface area contributed by atoms with Crippen LogP contribution >= 0.6 is 11.6 Å². The molecule has 2 amide bonds. The molecule has 1 fully saturated rings. The fraction of sp³-hybridized carbons (Fsp3) is 0.412. The number of methoxy groups -OCH3 is 1. The predicted octanol–water partition coefficient (Wildman–Crippen LogP) is 5.35. The van der Waals surface area contributed by atoms with Gasteiger partial charge in [-0.25, -0.2) is 0 Å². The molecule has 0 saturated carbocycles. The van der Waals surface area contributed by atoms with Gasteiger partial charge < -0.3 is 29.5 Å². The minimum absolute atomic E-state index is 0.000940. The van der Waals surface area contributed by atoms with Crippen LogP contribution in [-0.4, -0.2) is 59.8 Å². The summed E-state index contributed by atoms with van der Waals surface area (Å²) >= 11 is 5.54. The molecule has 0 bridgehead atoms. The normalized spacial score (nSPS) is 16.6. The first-order chi connectivity index (χ1) is 20.5.